The van der Waals surface area contributed by atoms with Gasteiger partial charge in [0.25, 0.3) is 0 Å². The third-order valence-electron chi connectivity index (χ3n) is 3.82. The Morgan fingerprint density at radius 2 is 1.84 bits per heavy atom. The number of hydrogen-bond donors (Lipinski definition) is 2. The number of aromatic nitrogens is 1. The van der Waals surface area contributed by atoms with Crippen LogP contribution in [0.25, 0.3) is 10.9 Å². The number of carbonyl (C=O) groups is 2. The number of amides is 1. The molecule has 5 nitrogen and oxygen atoms in total. The number of halogens is 2. The molecule has 3 rings (SSSR count). The van der Waals surface area contributed by atoms with Crippen LogP contribution in [0.1, 0.15) is 11.3 Å². The van der Waals surface area contributed by atoms with Gasteiger partial charge in [0.1, 0.15) is 11.6 Å². The number of carbonyl (C=O) groups excluding carboxylic acids is 1. The standard InChI is InChI=1S/C18H14F2N2O3/c1-10-6-11-4-2-3-5-16(11)22(10)18(25)21-15-9-13(19)12(7-14(15)20)8-17(23)24/h2-7,9H,8H2,1H3,(H,21,25)(H,23,24). The maximum atomic E-state index is 14.1. The summed E-state index contributed by atoms with van der Waals surface area (Å²) in [5.41, 5.74) is 0.641. The van der Waals surface area contributed by atoms with Crippen molar-refractivity contribution in [1.82, 2.24) is 4.57 Å². The van der Waals surface area contributed by atoms with Crippen LogP contribution in [-0.2, 0) is 11.2 Å². The van der Waals surface area contributed by atoms with Gasteiger partial charge in [-0.1, -0.05) is 18.2 Å². The van der Waals surface area contributed by atoms with Crippen molar-refractivity contribution in [3.63, 3.8) is 0 Å². The number of hydrogen-bond acceptors (Lipinski definition) is 2. The summed E-state index contributed by atoms with van der Waals surface area (Å²) in [5.74, 6) is -3.07. The van der Waals surface area contributed by atoms with Gasteiger partial charge < -0.3 is 10.4 Å². The highest BCUT2D eigenvalue weighted by Crippen LogP contribution is 2.23. The molecule has 2 N–H and O–H groups in total. The molecule has 0 saturated heterocycles. The van der Waals surface area contributed by atoms with Crippen LogP contribution in [0.15, 0.2) is 42.5 Å². The Hall–Kier alpha value is -3.22. The van der Waals surface area contributed by atoms with E-state index in [4.69, 9.17) is 5.11 Å². The van der Waals surface area contributed by atoms with Crippen molar-refractivity contribution >= 4 is 28.6 Å². The van der Waals surface area contributed by atoms with E-state index in [0.717, 1.165) is 17.5 Å². The fourth-order valence-corrected chi connectivity index (χ4v) is 2.72. The maximum absolute atomic E-state index is 14.1. The summed E-state index contributed by atoms with van der Waals surface area (Å²) in [6, 6.07) is 9.92. The van der Waals surface area contributed by atoms with Gasteiger partial charge in [0, 0.05) is 22.7 Å². The van der Waals surface area contributed by atoms with E-state index in [1.165, 1.54) is 4.57 Å². The quantitative estimate of drug-likeness (QED) is 0.756. The van der Waals surface area contributed by atoms with E-state index in [9.17, 15) is 18.4 Å². The molecule has 1 heterocycles. The van der Waals surface area contributed by atoms with Crippen molar-refractivity contribution in [3.8, 4) is 0 Å². The highest BCUT2D eigenvalue weighted by molar-refractivity contribution is 5.99. The lowest BCUT2D eigenvalue weighted by Crippen LogP contribution is -2.21. The lowest BCUT2D eigenvalue weighted by Gasteiger charge is -2.11. The number of aliphatic carboxylic acids is 1. The second-order valence-corrected chi connectivity index (χ2v) is 5.60. The highest BCUT2D eigenvalue weighted by atomic mass is 19.1. The Morgan fingerprint density at radius 3 is 2.56 bits per heavy atom. The SMILES string of the molecule is Cc1cc2ccccc2n1C(=O)Nc1cc(F)c(CC(=O)O)cc1F. The maximum Gasteiger partial charge on any atom is 0.330 e. The zero-order chi connectivity index (χ0) is 18.1. The number of anilines is 1. The smallest absolute Gasteiger partial charge is 0.330 e. The lowest BCUT2D eigenvalue weighted by molar-refractivity contribution is -0.136. The molecular weight excluding hydrogens is 330 g/mol. The molecule has 25 heavy (non-hydrogen) atoms. The molecule has 128 valence electrons. The van der Waals surface area contributed by atoms with Gasteiger partial charge in [0.15, 0.2) is 0 Å². The molecule has 7 heteroatoms. The van der Waals surface area contributed by atoms with E-state index in [1.54, 1.807) is 19.1 Å². The molecule has 1 amide bonds. The molecule has 0 aliphatic rings. The number of nitrogens with one attached hydrogen (secondary N) is 1. The molecule has 0 radical (unpaired) electrons. The average molecular weight is 344 g/mol. The second kappa shape index (κ2) is 6.35. The molecular formula is C18H14F2N2O3. The number of carboxylic acid groups (broad SMARTS) is 1. The highest BCUT2D eigenvalue weighted by Gasteiger charge is 2.17. The molecule has 2 aromatic carbocycles. The summed E-state index contributed by atoms with van der Waals surface area (Å²) in [4.78, 5) is 23.2. The lowest BCUT2D eigenvalue weighted by atomic mass is 10.1. The van der Waals surface area contributed by atoms with Crippen molar-refractivity contribution in [2.75, 3.05) is 5.32 Å². The monoisotopic (exact) mass is 344 g/mol. The summed E-state index contributed by atoms with van der Waals surface area (Å²) < 4.78 is 29.4. The topological polar surface area (TPSA) is 71.3 Å². The molecule has 0 atom stereocenters. The van der Waals surface area contributed by atoms with Crippen molar-refractivity contribution in [3.05, 3.63) is 65.4 Å². The predicted molar refractivity (Wildman–Crippen MR) is 88.8 cm³/mol. The van der Waals surface area contributed by atoms with Crippen LogP contribution in [-0.4, -0.2) is 21.7 Å². The zero-order valence-corrected chi connectivity index (χ0v) is 13.2. The van der Waals surface area contributed by atoms with E-state index in [0.29, 0.717) is 11.2 Å². The van der Waals surface area contributed by atoms with Crippen LogP contribution < -0.4 is 5.32 Å². The summed E-state index contributed by atoms with van der Waals surface area (Å²) in [6.45, 7) is 1.73. The molecule has 3 aromatic rings. The molecule has 0 aliphatic heterocycles. The Balaban J connectivity index is 1.94. The van der Waals surface area contributed by atoms with Gasteiger partial charge in [-0.2, -0.15) is 0 Å². The van der Waals surface area contributed by atoms with Gasteiger partial charge in [0.05, 0.1) is 17.6 Å². The minimum Gasteiger partial charge on any atom is -0.481 e. The number of fused-ring (bicyclic) bond motifs is 1. The van der Waals surface area contributed by atoms with Gasteiger partial charge >= 0.3 is 12.0 Å². The molecule has 0 spiro atoms. The number of rotatable bonds is 3. The Morgan fingerprint density at radius 1 is 1.12 bits per heavy atom. The van der Waals surface area contributed by atoms with E-state index < -0.39 is 30.1 Å². The molecule has 0 aliphatic carbocycles. The third-order valence-corrected chi connectivity index (χ3v) is 3.82. The zero-order valence-electron chi connectivity index (χ0n) is 13.2. The van der Waals surface area contributed by atoms with E-state index in [1.807, 2.05) is 18.2 Å². The first-order valence-electron chi connectivity index (χ1n) is 7.45. The number of para-hydroxylation sites is 1. The largest absolute Gasteiger partial charge is 0.481 e. The Labute approximate surface area is 141 Å². The first kappa shape index (κ1) is 16.6. The molecule has 0 bridgehead atoms. The summed E-state index contributed by atoms with van der Waals surface area (Å²) in [7, 11) is 0. The van der Waals surface area contributed by atoms with Crippen LogP contribution in [0.2, 0.25) is 0 Å². The van der Waals surface area contributed by atoms with Gasteiger partial charge in [-0.05, 0) is 25.1 Å². The average Bonchev–Trinajstić information content (AvgIpc) is 2.87. The van der Waals surface area contributed by atoms with Crippen molar-refractivity contribution < 1.29 is 23.5 Å². The summed E-state index contributed by atoms with van der Waals surface area (Å²) >= 11 is 0. The number of aryl methyl sites for hydroxylation is 1. The van der Waals surface area contributed by atoms with E-state index >= 15 is 0 Å². The van der Waals surface area contributed by atoms with Crippen molar-refractivity contribution in [2.45, 2.75) is 13.3 Å². The van der Waals surface area contributed by atoms with Gasteiger partial charge in [-0.3, -0.25) is 9.36 Å². The fourth-order valence-electron chi connectivity index (χ4n) is 2.72. The predicted octanol–water partition coefficient (Wildman–Crippen LogP) is 3.94. The van der Waals surface area contributed by atoms with E-state index in [2.05, 4.69) is 5.32 Å². The normalized spacial score (nSPS) is 10.8. The Kier molecular flexibility index (Phi) is 4.22. The van der Waals surface area contributed by atoms with Crippen LogP contribution >= 0.6 is 0 Å². The molecule has 1 aromatic heterocycles. The molecule has 0 fully saturated rings. The fraction of sp³-hybridized carbons (Fsp3) is 0.111. The van der Waals surface area contributed by atoms with Gasteiger partial charge in [-0.15, -0.1) is 0 Å². The first-order chi connectivity index (χ1) is 11.9. The van der Waals surface area contributed by atoms with Crippen LogP contribution in [0, 0.1) is 18.6 Å². The molecule has 0 unspecified atom stereocenters. The number of nitrogens with zero attached hydrogens (tertiary/aromatic N) is 1. The Bertz CT molecular complexity index is 995. The third kappa shape index (κ3) is 3.21. The molecule has 0 saturated carbocycles. The van der Waals surface area contributed by atoms with Crippen molar-refractivity contribution in [1.29, 1.82) is 0 Å². The van der Waals surface area contributed by atoms with Crippen molar-refractivity contribution in [2.24, 2.45) is 0 Å². The van der Waals surface area contributed by atoms with Gasteiger partial charge in [0.2, 0.25) is 0 Å². The number of carboxylic acids is 1. The summed E-state index contributed by atoms with van der Waals surface area (Å²) in [6.07, 6.45) is -0.641. The second-order valence-electron chi connectivity index (χ2n) is 5.60. The van der Waals surface area contributed by atoms with Gasteiger partial charge in [-0.25, -0.2) is 13.6 Å². The van der Waals surface area contributed by atoms with Crippen LogP contribution in [0.3, 0.4) is 0 Å². The number of benzene rings is 2. The minimum absolute atomic E-state index is 0.286. The first-order valence-corrected chi connectivity index (χ1v) is 7.45. The minimum atomic E-state index is -1.27. The van der Waals surface area contributed by atoms with Crippen LogP contribution in [0.4, 0.5) is 19.3 Å². The summed E-state index contributed by atoms with van der Waals surface area (Å²) in [5, 5.41) is 11.9. The van der Waals surface area contributed by atoms with E-state index in [-0.39, 0.29) is 11.3 Å². The van der Waals surface area contributed by atoms with Crippen LogP contribution in [0.5, 0.6) is 0 Å².